The standard InChI is InChI=1S/C26H32N8OS/c1-7-17-11-20(12-18-15-34(4)16-26(2,3)23(17)18)29-25-28-14-19(13-27)24(32-25)31-21-9-8-10-22(30-21)33-36(5,6)35/h8-12,14H,7,15-16H2,1-6H3,(H2,28,29,30,31,32). The second-order valence-corrected chi connectivity index (χ2v) is 12.6. The van der Waals surface area contributed by atoms with E-state index in [4.69, 9.17) is 0 Å². The highest BCUT2D eigenvalue weighted by Gasteiger charge is 2.32. The van der Waals surface area contributed by atoms with Gasteiger partial charge < -0.3 is 15.5 Å². The van der Waals surface area contributed by atoms with E-state index in [2.05, 4.69) is 80.9 Å². The number of nitrogens with one attached hydrogen (secondary N) is 2. The Hall–Kier alpha value is -3.55. The Morgan fingerprint density at radius 1 is 1.22 bits per heavy atom. The van der Waals surface area contributed by atoms with Crippen LogP contribution in [0.1, 0.15) is 43.0 Å². The molecular formula is C26H32N8OS. The molecule has 3 aromatic rings. The summed E-state index contributed by atoms with van der Waals surface area (Å²) in [6.07, 6.45) is 5.51. The molecule has 0 atom stereocenters. The van der Waals surface area contributed by atoms with Crippen LogP contribution in [-0.4, -0.2) is 50.2 Å². The highest BCUT2D eigenvalue weighted by molar-refractivity contribution is 7.92. The van der Waals surface area contributed by atoms with Crippen molar-refractivity contribution in [1.29, 1.82) is 5.26 Å². The lowest BCUT2D eigenvalue weighted by Gasteiger charge is -2.40. The summed E-state index contributed by atoms with van der Waals surface area (Å²) in [6.45, 7) is 8.67. The molecule has 0 saturated heterocycles. The van der Waals surface area contributed by atoms with Gasteiger partial charge in [0.25, 0.3) is 0 Å². The van der Waals surface area contributed by atoms with Gasteiger partial charge in [0.15, 0.2) is 11.6 Å². The first-order chi connectivity index (χ1) is 17.0. The maximum atomic E-state index is 12.0. The second kappa shape index (κ2) is 9.84. The van der Waals surface area contributed by atoms with Gasteiger partial charge in [0.05, 0.1) is 6.20 Å². The monoisotopic (exact) mass is 504 g/mol. The summed E-state index contributed by atoms with van der Waals surface area (Å²) in [5.74, 6) is 1.47. The maximum Gasteiger partial charge on any atom is 0.229 e. The molecule has 1 aliphatic rings. The fourth-order valence-electron chi connectivity index (χ4n) is 4.85. The van der Waals surface area contributed by atoms with E-state index < -0.39 is 9.73 Å². The Balaban J connectivity index is 1.66. The first-order valence-corrected chi connectivity index (χ1v) is 14.1. The van der Waals surface area contributed by atoms with E-state index in [1.54, 1.807) is 30.7 Å². The van der Waals surface area contributed by atoms with Gasteiger partial charge in [0.1, 0.15) is 17.5 Å². The van der Waals surface area contributed by atoms with Crippen LogP contribution in [0, 0.1) is 11.3 Å². The van der Waals surface area contributed by atoms with Gasteiger partial charge in [-0.3, -0.25) is 0 Å². The summed E-state index contributed by atoms with van der Waals surface area (Å²) in [7, 11) is -0.204. The van der Waals surface area contributed by atoms with Crippen LogP contribution in [-0.2, 0) is 28.1 Å². The van der Waals surface area contributed by atoms with Crippen LogP contribution in [0.3, 0.4) is 0 Å². The first-order valence-electron chi connectivity index (χ1n) is 11.8. The van der Waals surface area contributed by atoms with Crippen molar-refractivity contribution in [3.8, 4) is 6.07 Å². The molecule has 0 aliphatic carbocycles. The van der Waals surface area contributed by atoms with Crippen LogP contribution >= 0.6 is 0 Å². The van der Waals surface area contributed by atoms with Crippen molar-refractivity contribution in [1.82, 2.24) is 19.9 Å². The molecule has 9 nitrogen and oxygen atoms in total. The van der Waals surface area contributed by atoms with E-state index in [0.717, 1.165) is 25.2 Å². The summed E-state index contributed by atoms with van der Waals surface area (Å²) in [6, 6.07) is 11.6. The molecule has 10 heteroatoms. The van der Waals surface area contributed by atoms with E-state index >= 15 is 0 Å². The predicted octanol–water partition coefficient (Wildman–Crippen LogP) is 4.87. The van der Waals surface area contributed by atoms with Gasteiger partial charge in [-0.05, 0) is 54.4 Å². The lowest BCUT2D eigenvalue weighted by molar-refractivity contribution is 0.234. The Morgan fingerprint density at radius 2 is 2.00 bits per heavy atom. The fourth-order valence-corrected chi connectivity index (χ4v) is 5.40. The third-order valence-electron chi connectivity index (χ3n) is 5.92. The molecule has 0 radical (unpaired) electrons. The molecule has 0 amide bonds. The van der Waals surface area contributed by atoms with Crippen LogP contribution in [0.15, 0.2) is 40.9 Å². The van der Waals surface area contributed by atoms with Crippen molar-refractivity contribution in [3.05, 3.63) is 58.8 Å². The van der Waals surface area contributed by atoms with Gasteiger partial charge in [-0.2, -0.15) is 14.6 Å². The topological polar surface area (TPSA) is 119 Å². The van der Waals surface area contributed by atoms with Crippen molar-refractivity contribution in [2.45, 2.75) is 39.2 Å². The van der Waals surface area contributed by atoms with Crippen molar-refractivity contribution in [2.75, 3.05) is 36.7 Å². The van der Waals surface area contributed by atoms with E-state index in [9.17, 15) is 9.47 Å². The number of nitriles is 1. The summed E-state index contributed by atoms with van der Waals surface area (Å²) >= 11 is 0. The molecule has 0 saturated carbocycles. The maximum absolute atomic E-state index is 12.0. The Labute approximate surface area is 213 Å². The highest BCUT2D eigenvalue weighted by Crippen LogP contribution is 2.38. The summed E-state index contributed by atoms with van der Waals surface area (Å²) < 4.78 is 16.2. The van der Waals surface area contributed by atoms with Crippen molar-refractivity contribution < 1.29 is 4.21 Å². The molecule has 2 N–H and O–H groups in total. The van der Waals surface area contributed by atoms with E-state index in [1.807, 2.05) is 0 Å². The fraction of sp³-hybridized carbons (Fsp3) is 0.385. The normalized spacial score (nSPS) is 15.0. The number of pyridine rings is 1. The number of nitrogens with zero attached hydrogens (tertiary/aromatic N) is 6. The molecule has 1 aliphatic heterocycles. The first kappa shape index (κ1) is 25.5. The van der Waals surface area contributed by atoms with Crippen molar-refractivity contribution in [3.63, 3.8) is 0 Å². The van der Waals surface area contributed by atoms with Gasteiger partial charge >= 0.3 is 0 Å². The molecule has 188 valence electrons. The van der Waals surface area contributed by atoms with Gasteiger partial charge in [-0.15, -0.1) is 0 Å². The molecule has 0 fully saturated rings. The van der Waals surface area contributed by atoms with E-state index in [1.165, 1.54) is 22.9 Å². The van der Waals surface area contributed by atoms with Gasteiger partial charge in [0, 0.05) is 46.4 Å². The minimum absolute atomic E-state index is 0.0743. The molecule has 2 aromatic heterocycles. The lowest BCUT2D eigenvalue weighted by atomic mass is 9.75. The van der Waals surface area contributed by atoms with Crippen LogP contribution in [0.4, 0.5) is 29.1 Å². The van der Waals surface area contributed by atoms with Crippen LogP contribution in [0.5, 0.6) is 0 Å². The SMILES string of the molecule is CCc1cc(Nc2ncc(C#N)c(Nc3cccc(N=S(C)(C)=O)n3)n2)cc2c1C(C)(C)CN(C)C2. The van der Waals surface area contributed by atoms with Crippen LogP contribution in [0.2, 0.25) is 0 Å². The van der Waals surface area contributed by atoms with Gasteiger partial charge in [-0.25, -0.2) is 14.2 Å². The summed E-state index contributed by atoms with van der Waals surface area (Å²) in [5, 5.41) is 16.0. The molecule has 0 spiro atoms. The number of fused-ring (bicyclic) bond motifs is 1. The Kier molecular flexibility index (Phi) is 6.98. The highest BCUT2D eigenvalue weighted by atomic mass is 32.2. The molecular weight excluding hydrogens is 472 g/mol. The predicted molar refractivity (Wildman–Crippen MR) is 145 cm³/mol. The molecule has 0 bridgehead atoms. The van der Waals surface area contributed by atoms with Crippen molar-refractivity contribution >= 4 is 38.8 Å². The molecule has 0 unspecified atom stereocenters. The smallest absolute Gasteiger partial charge is 0.229 e. The number of hydrogen-bond donors (Lipinski definition) is 2. The van der Waals surface area contributed by atoms with E-state index in [0.29, 0.717) is 23.4 Å². The molecule has 3 heterocycles. The van der Waals surface area contributed by atoms with Gasteiger partial charge in [-0.1, -0.05) is 26.8 Å². The van der Waals surface area contributed by atoms with E-state index in [-0.39, 0.29) is 11.0 Å². The largest absolute Gasteiger partial charge is 0.324 e. The summed E-state index contributed by atoms with van der Waals surface area (Å²) in [5.41, 5.74) is 5.31. The summed E-state index contributed by atoms with van der Waals surface area (Å²) in [4.78, 5) is 15.6. The second-order valence-electron chi connectivity index (χ2n) is 10.1. The third-order valence-corrected chi connectivity index (χ3v) is 6.55. The minimum Gasteiger partial charge on any atom is -0.324 e. The third kappa shape index (κ3) is 5.80. The molecule has 36 heavy (non-hydrogen) atoms. The molecule has 1 aromatic carbocycles. The lowest BCUT2D eigenvalue weighted by Crippen LogP contribution is -2.40. The Bertz CT molecular complexity index is 1460. The quantitative estimate of drug-likeness (QED) is 0.488. The average molecular weight is 505 g/mol. The number of rotatable bonds is 6. The Morgan fingerprint density at radius 3 is 2.69 bits per heavy atom. The number of hydrogen-bond acceptors (Lipinski definition) is 9. The molecule has 4 rings (SSSR count). The number of aryl methyl sites for hydroxylation is 1. The van der Waals surface area contributed by atoms with Gasteiger partial charge in [0.2, 0.25) is 5.95 Å². The van der Waals surface area contributed by atoms with Crippen LogP contribution in [0.25, 0.3) is 0 Å². The van der Waals surface area contributed by atoms with Crippen molar-refractivity contribution in [2.24, 2.45) is 4.36 Å². The minimum atomic E-state index is -2.35. The number of aromatic nitrogens is 3. The zero-order valence-corrected chi connectivity index (χ0v) is 22.4. The zero-order valence-electron chi connectivity index (χ0n) is 21.6. The van der Waals surface area contributed by atoms with Crippen LogP contribution < -0.4 is 10.6 Å². The number of benzene rings is 1. The number of likely N-dealkylation sites (N-methyl/N-ethyl adjacent to an activating group) is 1. The zero-order chi connectivity index (χ0) is 26.1. The number of anilines is 4. The average Bonchev–Trinajstić information content (AvgIpc) is 2.77.